The fourth-order valence-electron chi connectivity index (χ4n) is 4.12. The first-order chi connectivity index (χ1) is 17.9. The highest BCUT2D eigenvalue weighted by molar-refractivity contribution is 7.98. The summed E-state index contributed by atoms with van der Waals surface area (Å²) in [7, 11) is 0. The van der Waals surface area contributed by atoms with Crippen LogP contribution in [0, 0.1) is 0 Å². The molecule has 1 aliphatic carbocycles. The molecule has 2 unspecified atom stereocenters. The Morgan fingerprint density at radius 2 is 1.70 bits per heavy atom. The van der Waals surface area contributed by atoms with E-state index in [1.165, 1.54) is 17.5 Å². The normalized spacial score (nSPS) is 19.4. The first-order valence-electron chi connectivity index (χ1n) is 11.7. The van der Waals surface area contributed by atoms with E-state index in [2.05, 4.69) is 21.6 Å². The highest BCUT2D eigenvalue weighted by Crippen LogP contribution is 2.36. The second kappa shape index (κ2) is 11.6. The van der Waals surface area contributed by atoms with Crippen LogP contribution >= 0.6 is 35.1 Å². The lowest BCUT2D eigenvalue weighted by Gasteiger charge is -2.21. The summed E-state index contributed by atoms with van der Waals surface area (Å²) in [5, 5.41) is 13.8. The molecule has 0 radical (unpaired) electrons. The van der Waals surface area contributed by atoms with Gasteiger partial charge in [-0.3, -0.25) is 4.72 Å². The van der Waals surface area contributed by atoms with Crippen LogP contribution in [-0.4, -0.2) is 39.5 Å². The molecule has 7 nitrogen and oxygen atoms in total. The number of nitrogens with one attached hydrogen (secondary N) is 2. The van der Waals surface area contributed by atoms with Crippen molar-refractivity contribution in [3.05, 3.63) is 100 Å². The molecule has 37 heavy (non-hydrogen) atoms. The molecule has 0 spiro atoms. The fourth-order valence-corrected chi connectivity index (χ4v) is 5.72. The average Bonchev–Trinajstić information content (AvgIpc) is 3.51. The van der Waals surface area contributed by atoms with Crippen molar-refractivity contribution < 1.29 is 4.21 Å². The Hall–Kier alpha value is -2.40. The van der Waals surface area contributed by atoms with Crippen molar-refractivity contribution >= 4 is 58.0 Å². The van der Waals surface area contributed by atoms with Crippen LogP contribution < -0.4 is 14.6 Å². The minimum absolute atomic E-state index is 0.0412. The molecule has 2 atom stereocenters. The zero-order chi connectivity index (χ0) is 25.8. The predicted molar refractivity (Wildman–Crippen MR) is 154 cm³/mol. The molecule has 0 bridgehead atoms. The maximum atomic E-state index is 11.6. The molecule has 1 aliphatic heterocycles. The molecule has 4 N–H and O–H groups in total. The lowest BCUT2D eigenvalue weighted by Crippen LogP contribution is -2.41. The second-order valence-electron chi connectivity index (χ2n) is 9.02. The SMILES string of the molecule is NS(=O)NC1(CN=C(NSc2ccc(Cl)cc2)N2CC(c3ccccc3)C(c3ccc(Cl)cc3)=N2)CC1. The number of hydrogen-bond acceptors (Lipinski definition) is 4. The summed E-state index contributed by atoms with van der Waals surface area (Å²) in [6.45, 7) is 1.04. The highest BCUT2D eigenvalue weighted by atomic mass is 35.5. The van der Waals surface area contributed by atoms with Crippen molar-refractivity contribution in [2.75, 3.05) is 13.1 Å². The first kappa shape index (κ1) is 26.2. The molecular formula is C26H26Cl2N6OS2. The summed E-state index contributed by atoms with van der Waals surface area (Å²) < 4.78 is 18.0. The molecule has 192 valence electrons. The van der Waals surface area contributed by atoms with Gasteiger partial charge >= 0.3 is 0 Å². The standard InChI is InChI=1S/C26H26Cl2N6OS2/c27-20-8-6-19(7-9-20)24-23(18-4-2-1-3-5-18)16-34(31-24)25(30-17-26(14-15-26)33-37(29)35)32-36-22-12-10-21(28)11-13-22/h1-13,23,33H,14-17,29H2,(H,30,32). The number of nitrogens with two attached hydrogens (primary N) is 1. The van der Waals surface area contributed by atoms with Gasteiger partial charge in [-0.25, -0.2) is 24.1 Å². The highest BCUT2D eigenvalue weighted by Gasteiger charge is 2.44. The van der Waals surface area contributed by atoms with E-state index in [1.54, 1.807) is 0 Å². The van der Waals surface area contributed by atoms with Crippen molar-refractivity contribution in [3.8, 4) is 0 Å². The largest absolute Gasteiger partial charge is 0.295 e. The van der Waals surface area contributed by atoms with Gasteiger partial charge in [-0.2, -0.15) is 5.10 Å². The van der Waals surface area contributed by atoms with Crippen LogP contribution in [0.4, 0.5) is 0 Å². The summed E-state index contributed by atoms with van der Waals surface area (Å²) in [6.07, 6.45) is 1.73. The van der Waals surface area contributed by atoms with E-state index in [0.29, 0.717) is 29.1 Å². The van der Waals surface area contributed by atoms with Gasteiger partial charge in [0.15, 0.2) is 11.2 Å². The predicted octanol–water partition coefficient (Wildman–Crippen LogP) is 5.11. The summed E-state index contributed by atoms with van der Waals surface area (Å²) in [5.41, 5.74) is 2.77. The van der Waals surface area contributed by atoms with Crippen molar-refractivity contribution in [2.45, 2.75) is 29.2 Å². The van der Waals surface area contributed by atoms with Crippen LogP contribution in [0.3, 0.4) is 0 Å². The molecule has 0 aromatic heterocycles. The minimum Gasteiger partial charge on any atom is -0.295 e. The van der Waals surface area contributed by atoms with Crippen molar-refractivity contribution in [3.63, 3.8) is 0 Å². The fraction of sp³-hybridized carbons (Fsp3) is 0.231. The van der Waals surface area contributed by atoms with Gasteiger partial charge in [-0.05, 0) is 72.3 Å². The van der Waals surface area contributed by atoms with E-state index in [4.69, 9.17) is 38.4 Å². The Morgan fingerprint density at radius 3 is 2.32 bits per heavy atom. The summed E-state index contributed by atoms with van der Waals surface area (Å²) in [4.78, 5) is 5.89. The Kier molecular flexibility index (Phi) is 8.18. The first-order valence-corrected chi connectivity index (χ1v) is 14.5. The van der Waals surface area contributed by atoms with E-state index in [1.807, 2.05) is 71.7 Å². The van der Waals surface area contributed by atoms with Crippen LogP contribution in [0.15, 0.2) is 93.9 Å². The van der Waals surface area contributed by atoms with E-state index < -0.39 is 11.2 Å². The van der Waals surface area contributed by atoms with Gasteiger partial charge < -0.3 is 0 Å². The number of rotatable bonds is 8. The third kappa shape index (κ3) is 6.73. The quantitative estimate of drug-likeness (QED) is 0.198. The van der Waals surface area contributed by atoms with E-state index in [9.17, 15) is 4.21 Å². The van der Waals surface area contributed by atoms with Crippen LogP contribution in [-0.2, 0) is 11.2 Å². The van der Waals surface area contributed by atoms with Crippen molar-refractivity contribution in [1.82, 2.24) is 14.5 Å². The Labute approximate surface area is 233 Å². The topological polar surface area (TPSA) is 95.1 Å². The molecule has 5 rings (SSSR count). The number of benzene rings is 3. The molecule has 0 saturated heterocycles. The average molecular weight is 574 g/mol. The number of guanidine groups is 1. The van der Waals surface area contributed by atoms with Crippen LogP contribution in [0.5, 0.6) is 0 Å². The third-order valence-electron chi connectivity index (χ3n) is 6.28. The Balaban J connectivity index is 1.45. The zero-order valence-corrected chi connectivity index (χ0v) is 23.0. The van der Waals surface area contributed by atoms with E-state index >= 15 is 0 Å². The van der Waals surface area contributed by atoms with Gasteiger partial charge in [0.2, 0.25) is 5.96 Å². The lowest BCUT2D eigenvalue weighted by atomic mass is 9.91. The second-order valence-corrected chi connectivity index (χ2v) is 11.6. The molecule has 0 amide bonds. The Morgan fingerprint density at radius 1 is 1.05 bits per heavy atom. The van der Waals surface area contributed by atoms with E-state index in [0.717, 1.165) is 29.0 Å². The maximum absolute atomic E-state index is 11.6. The smallest absolute Gasteiger partial charge is 0.225 e. The molecule has 1 saturated carbocycles. The third-order valence-corrected chi connectivity index (χ3v) is 8.21. The van der Waals surface area contributed by atoms with Gasteiger partial charge in [-0.15, -0.1) is 0 Å². The van der Waals surface area contributed by atoms with Crippen LogP contribution in [0.25, 0.3) is 0 Å². The van der Waals surface area contributed by atoms with Gasteiger partial charge in [0.25, 0.3) is 0 Å². The monoisotopic (exact) mass is 572 g/mol. The maximum Gasteiger partial charge on any atom is 0.225 e. The molecule has 3 aromatic carbocycles. The summed E-state index contributed by atoms with van der Waals surface area (Å²) in [5.74, 6) is 0.653. The number of halogens is 2. The van der Waals surface area contributed by atoms with Gasteiger partial charge in [0.1, 0.15) is 0 Å². The lowest BCUT2D eigenvalue weighted by molar-refractivity contribution is 0.461. The summed E-state index contributed by atoms with van der Waals surface area (Å²) >= 11 is 12.0. The molecule has 11 heteroatoms. The number of hydrazone groups is 1. The van der Waals surface area contributed by atoms with Crippen LogP contribution in [0.2, 0.25) is 10.0 Å². The van der Waals surface area contributed by atoms with Crippen molar-refractivity contribution in [2.24, 2.45) is 15.2 Å². The molecule has 3 aromatic rings. The van der Waals surface area contributed by atoms with Gasteiger partial charge in [0.05, 0.1) is 24.3 Å². The van der Waals surface area contributed by atoms with Crippen LogP contribution in [0.1, 0.15) is 29.9 Å². The summed E-state index contributed by atoms with van der Waals surface area (Å²) in [6, 6.07) is 25.6. The van der Waals surface area contributed by atoms with Crippen molar-refractivity contribution in [1.29, 1.82) is 0 Å². The molecule has 1 heterocycles. The molecular weight excluding hydrogens is 547 g/mol. The number of aliphatic imine (C=N–C) groups is 1. The molecule has 1 fully saturated rings. The Bertz CT molecular complexity index is 1320. The van der Waals surface area contributed by atoms with Gasteiger partial charge in [-0.1, -0.05) is 65.7 Å². The number of hydrogen-bond donors (Lipinski definition) is 3. The minimum atomic E-state index is -1.60. The molecule has 2 aliphatic rings. The zero-order valence-electron chi connectivity index (χ0n) is 19.8. The van der Waals surface area contributed by atoms with E-state index in [-0.39, 0.29) is 11.5 Å². The number of nitrogens with zero attached hydrogens (tertiary/aromatic N) is 3. The van der Waals surface area contributed by atoms with Gasteiger partial charge in [0, 0.05) is 20.9 Å².